The molecule has 0 bridgehead atoms. The number of carbonyl (C=O) groups excluding carboxylic acids is 1. The Labute approximate surface area is 180 Å². The van der Waals surface area contributed by atoms with E-state index in [1.807, 2.05) is 11.0 Å². The first kappa shape index (κ1) is 20.9. The Hall–Kier alpha value is -3.36. The fraction of sp³-hybridized carbons (Fsp3) is 0.409. The summed E-state index contributed by atoms with van der Waals surface area (Å²) in [7, 11) is 0. The van der Waals surface area contributed by atoms with Crippen molar-refractivity contribution in [2.24, 2.45) is 0 Å². The van der Waals surface area contributed by atoms with Gasteiger partial charge in [-0.1, -0.05) is 13.3 Å². The first-order valence-electron chi connectivity index (χ1n) is 10.5. The van der Waals surface area contributed by atoms with E-state index in [0.717, 1.165) is 18.5 Å². The van der Waals surface area contributed by atoms with Crippen LogP contribution in [0.3, 0.4) is 0 Å². The Morgan fingerprint density at radius 2 is 1.81 bits per heavy atom. The summed E-state index contributed by atoms with van der Waals surface area (Å²) < 4.78 is 15.7. The van der Waals surface area contributed by atoms with Crippen LogP contribution in [0.15, 0.2) is 36.8 Å². The number of anilines is 1. The average Bonchev–Trinajstić information content (AvgIpc) is 3.19. The van der Waals surface area contributed by atoms with Crippen molar-refractivity contribution in [1.82, 2.24) is 29.6 Å². The zero-order valence-corrected chi connectivity index (χ0v) is 17.8. The molecule has 0 spiro atoms. The van der Waals surface area contributed by atoms with Crippen molar-refractivity contribution < 1.29 is 9.18 Å². The Kier molecular flexibility index (Phi) is 6.20. The molecule has 1 fully saturated rings. The minimum absolute atomic E-state index is 0.0173. The highest BCUT2D eigenvalue weighted by atomic mass is 19.1. The zero-order valence-electron chi connectivity index (χ0n) is 17.8. The van der Waals surface area contributed by atoms with Gasteiger partial charge >= 0.3 is 0 Å². The number of hydrogen-bond acceptors (Lipinski definition) is 6. The predicted molar refractivity (Wildman–Crippen MR) is 115 cm³/mol. The Bertz CT molecular complexity index is 1050. The number of halogens is 1. The van der Waals surface area contributed by atoms with Crippen molar-refractivity contribution in [2.75, 3.05) is 31.1 Å². The van der Waals surface area contributed by atoms with Gasteiger partial charge in [0.05, 0.1) is 5.69 Å². The van der Waals surface area contributed by atoms with Crippen LogP contribution < -0.4 is 4.90 Å². The van der Waals surface area contributed by atoms with Crippen LogP contribution in [0.25, 0.3) is 11.4 Å². The summed E-state index contributed by atoms with van der Waals surface area (Å²) >= 11 is 0. The van der Waals surface area contributed by atoms with Crippen molar-refractivity contribution >= 4 is 11.9 Å². The van der Waals surface area contributed by atoms with E-state index in [0.29, 0.717) is 49.1 Å². The van der Waals surface area contributed by atoms with Crippen molar-refractivity contribution in [1.29, 1.82) is 0 Å². The van der Waals surface area contributed by atoms with Gasteiger partial charge in [0.25, 0.3) is 0 Å². The lowest BCUT2D eigenvalue weighted by Gasteiger charge is -2.34. The highest BCUT2D eigenvalue weighted by Crippen LogP contribution is 2.20. The number of piperazine rings is 1. The average molecular weight is 423 g/mol. The Balaban J connectivity index is 1.45. The number of carbonyl (C=O) groups is 1. The lowest BCUT2D eigenvalue weighted by Crippen LogP contribution is -2.50. The number of rotatable bonds is 6. The molecular formula is C22H26FN7O. The Morgan fingerprint density at radius 3 is 2.48 bits per heavy atom. The van der Waals surface area contributed by atoms with E-state index in [1.54, 1.807) is 30.1 Å². The van der Waals surface area contributed by atoms with Gasteiger partial charge in [-0.3, -0.25) is 14.5 Å². The number of aryl methyl sites for hydroxylation is 2. The molecule has 1 aliphatic rings. The van der Waals surface area contributed by atoms with E-state index in [2.05, 4.69) is 31.9 Å². The van der Waals surface area contributed by atoms with Crippen molar-refractivity contribution in [3.05, 3.63) is 53.9 Å². The molecule has 0 saturated carbocycles. The fourth-order valence-corrected chi connectivity index (χ4v) is 3.65. The molecule has 4 rings (SSSR count). The minimum atomic E-state index is -0.312. The maximum absolute atomic E-state index is 14.0. The van der Waals surface area contributed by atoms with Gasteiger partial charge in [0, 0.05) is 62.1 Å². The molecule has 0 aromatic carbocycles. The van der Waals surface area contributed by atoms with Gasteiger partial charge in [0.1, 0.15) is 18.1 Å². The van der Waals surface area contributed by atoms with Gasteiger partial charge in [0.2, 0.25) is 11.9 Å². The molecule has 0 radical (unpaired) electrons. The minimum Gasteiger partial charge on any atom is -0.338 e. The van der Waals surface area contributed by atoms with E-state index < -0.39 is 0 Å². The number of hydrogen-bond donors (Lipinski definition) is 0. The molecule has 0 aliphatic carbocycles. The summed E-state index contributed by atoms with van der Waals surface area (Å²) in [5, 5.41) is 4.58. The van der Waals surface area contributed by atoms with Crippen LogP contribution in [0.5, 0.6) is 0 Å². The normalized spacial score (nSPS) is 14.2. The van der Waals surface area contributed by atoms with Gasteiger partial charge in [-0.15, -0.1) is 0 Å². The van der Waals surface area contributed by atoms with Crippen LogP contribution in [-0.4, -0.2) is 61.7 Å². The molecular weight excluding hydrogens is 397 g/mol. The van der Waals surface area contributed by atoms with Crippen LogP contribution in [0, 0.1) is 12.7 Å². The van der Waals surface area contributed by atoms with Gasteiger partial charge < -0.3 is 9.80 Å². The van der Waals surface area contributed by atoms with E-state index in [-0.39, 0.29) is 18.3 Å². The van der Waals surface area contributed by atoms with E-state index in [1.165, 1.54) is 12.3 Å². The first-order valence-corrected chi connectivity index (χ1v) is 10.5. The van der Waals surface area contributed by atoms with Gasteiger partial charge in [-0.25, -0.2) is 14.4 Å². The van der Waals surface area contributed by atoms with Crippen LogP contribution in [0.2, 0.25) is 0 Å². The second-order valence-corrected chi connectivity index (χ2v) is 7.66. The molecule has 1 saturated heterocycles. The molecule has 0 atom stereocenters. The first-order chi connectivity index (χ1) is 15.0. The summed E-state index contributed by atoms with van der Waals surface area (Å²) in [6.45, 7) is 6.51. The summed E-state index contributed by atoms with van der Waals surface area (Å²) in [5.41, 5.74) is 2.50. The van der Waals surface area contributed by atoms with Crippen molar-refractivity contribution in [2.45, 2.75) is 33.2 Å². The molecule has 0 N–H and O–H groups in total. The van der Waals surface area contributed by atoms with E-state index >= 15 is 0 Å². The lowest BCUT2D eigenvalue weighted by atomic mass is 10.2. The largest absolute Gasteiger partial charge is 0.338 e. The molecule has 9 heteroatoms. The summed E-state index contributed by atoms with van der Waals surface area (Å²) in [6.07, 6.45) is 6.65. The lowest BCUT2D eigenvalue weighted by molar-refractivity contribution is -0.132. The molecule has 162 valence electrons. The molecule has 8 nitrogen and oxygen atoms in total. The van der Waals surface area contributed by atoms with Gasteiger partial charge in [-0.2, -0.15) is 5.10 Å². The number of pyridine rings is 1. The van der Waals surface area contributed by atoms with E-state index in [4.69, 9.17) is 0 Å². The number of aromatic nitrogens is 5. The topological polar surface area (TPSA) is 80.0 Å². The summed E-state index contributed by atoms with van der Waals surface area (Å²) in [6, 6.07) is 5.08. The molecule has 31 heavy (non-hydrogen) atoms. The quantitative estimate of drug-likeness (QED) is 0.606. The monoisotopic (exact) mass is 423 g/mol. The van der Waals surface area contributed by atoms with Gasteiger partial charge in [0.15, 0.2) is 0 Å². The molecule has 0 unspecified atom stereocenters. The second kappa shape index (κ2) is 9.20. The standard InChI is InChI=1S/C22H26FN7O/c1-3-5-17-12-20(19-13-18(23)16(2)14-26-19)27-30(17)15-21(31)28-8-10-29(11-9-28)22-24-6-4-7-25-22/h4,6-7,12-14H,3,5,8-11,15H2,1-2H3. The fourth-order valence-electron chi connectivity index (χ4n) is 3.65. The maximum Gasteiger partial charge on any atom is 0.244 e. The van der Waals surface area contributed by atoms with Gasteiger partial charge in [-0.05, 0) is 25.5 Å². The SMILES string of the molecule is CCCc1cc(-c2cc(F)c(C)cn2)nn1CC(=O)N1CCN(c2ncccn2)CC1. The zero-order chi connectivity index (χ0) is 21.8. The number of amides is 1. The molecule has 3 aromatic rings. The van der Waals surface area contributed by atoms with E-state index in [9.17, 15) is 9.18 Å². The molecule has 3 aromatic heterocycles. The van der Waals surface area contributed by atoms with Crippen LogP contribution >= 0.6 is 0 Å². The maximum atomic E-state index is 14.0. The summed E-state index contributed by atoms with van der Waals surface area (Å²) in [5.74, 6) is 0.394. The Morgan fingerprint density at radius 1 is 1.06 bits per heavy atom. The third kappa shape index (κ3) is 4.70. The molecule has 4 heterocycles. The molecule has 1 aliphatic heterocycles. The highest BCUT2D eigenvalue weighted by molar-refractivity contribution is 5.76. The molecule has 1 amide bonds. The van der Waals surface area contributed by atoms with Crippen LogP contribution in [0.1, 0.15) is 24.6 Å². The third-order valence-electron chi connectivity index (χ3n) is 5.42. The van der Waals surface area contributed by atoms with Crippen molar-refractivity contribution in [3.8, 4) is 11.4 Å². The highest BCUT2D eigenvalue weighted by Gasteiger charge is 2.23. The second-order valence-electron chi connectivity index (χ2n) is 7.66. The van der Waals surface area contributed by atoms with Crippen LogP contribution in [0.4, 0.5) is 10.3 Å². The van der Waals surface area contributed by atoms with Crippen LogP contribution in [-0.2, 0) is 17.8 Å². The smallest absolute Gasteiger partial charge is 0.244 e. The number of nitrogens with zero attached hydrogens (tertiary/aromatic N) is 7. The predicted octanol–water partition coefficient (Wildman–Crippen LogP) is 2.48. The third-order valence-corrected chi connectivity index (χ3v) is 5.42. The summed E-state index contributed by atoms with van der Waals surface area (Å²) in [4.78, 5) is 29.7. The van der Waals surface area contributed by atoms with Crippen molar-refractivity contribution in [3.63, 3.8) is 0 Å².